The fraction of sp³-hybridized carbons (Fsp3) is 0.474. The molecule has 4 aromatic carbocycles. The Morgan fingerprint density at radius 1 is 0.650 bits per heavy atom. The Morgan fingerprint density at radius 3 is 1.70 bits per heavy atom. The van der Waals surface area contributed by atoms with Crippen LogP contribution >= 0.6 is 0 Å². The van der Waals surface area contributed by atoms with Crippen molar-refractivity contribution < 1.29 is 4.74 Å². The number of fused-ring (bicyclic) bond motifs is 2. The van der Waals surface area contributed by atoms with Crippen molar-refractivity contribution in [2.75, 3.05) is 13.2 Å². The summed E-state index contributed by atoms with van der Waals surface area (Å²) in [5.41, 5.74) is 2.48. The summed E-state index contributed by atoms with van der Waals surface area (Å²) < 4.78 is 7.20. The third kappa shape index (κ3) is 6.96. The van der Waals surface area contributed by atoms with E-state index in [4.69, 9.17) is 4.74 Å². The van der Waals surface area contributed by atoms with E-state index in [1.807, 2.05) is 0 Å². The zero-order valence-corrected chi connectivity index (χ0v) is 25.1. The topological polar surface area (TPSA) is 21.3 Å². The molecule has 1 aliphatic rings. The molecular formula is C38H49NO. The highest BCUT2D eigenvalue weighted by molar-refractivity contribution is 5.85. The van der Waals surface area contributed by atoms with Gasteiger partial charge in [-0.3, -0.25) is 0 Å². The molecule has 2 heteroatoms. The second-order valence-corrected chi connectivity index (χ2v) is 13.1. The molecule has 0 spiro atoms. The number of ether oxygens (including phenoxy) is 1. The highest BCUT2D eigenvalue weighted by Crippen LogP contribution is 2.42. The van der Waals surface area contributed by atoms with Crippen LogP contribution < -0.4 is 5.32 Å². The number of unbranched alkanes of at least 4 members (excludes halogenated alkanes) is 6. The molecule has 0 radical (unpaired) electrons. The Hall–Kier alpha value is -2.68. The zero-order chi connectivity index (χ0) is 27.8. The molecule has 0 bridgehead atoms. The number of hydrogen-bond donors (Lipinski definition) is 1. The van der Waals surface area contributed by atoms with E-state index in [1.54, 1.807) is 0 Å². The van der Waals surface area contributed by atoms with E-state index < -0.39 is 5.60 Å². The maximum absolute atomic E-state index is 7.20. The number of hydrogen-bond acceptors (Lipinski definition) is 2. The summed E-state index contributed by atoms with van der Waals surface area (Å²) in [6.45, 7) is 8.88. The molecule has 4 aromatic rings. The molecule has 0 aromatic heterocycles. The standard InChI is InChI=1S/C38H49NO/c1-37(2,3)25-13-7-5-4-6-8-14-27-40-38(36-20-15-26-39-36,34-23-21-30-16-9-11-18-32(30)28-34)35-24-22-31-17-10-12-19-33(31)29-35/h9-12,16-19,21-24,28-29,36,39H,4-8,13-15,20,25-27H2,1-3H3. The summed E-state index contributed by atoms with van der Waals surface area (Å²) in [7, 11) is 0. The van der Waals surface area contributed by atoms with Crippen LogP contribution in [0.25, 0.3) is 21.5 Å². The van der Waals surface area contributed by atoms with Gasteiger partial charge >= 0.3 is 0 Å². The lowest BCUT2D eigenvalue weighted by molar-refractivity contribution is -0.0436. The van der Waals surface area contributed by atoms with Crippen LogP contribution in [0.3, 0.4) is 0 Å². The Labute approximate surface area is 242 Å². The minimum absolute atomic E-state index is 0.248. The molecule has 1 unspecified atom stereocenters. The Bertz CT molecular complexity index is 1280. The number of nitrogens with one attached hydrogen (secondary N) is 1. The van der Waals surface area contributed by atoms with Crippen molar-refractivity contribution in [3.63, 3.8) is 0 Å². The van der Waals surface area contributed by atoms with Gasteiger partial charge in [-0.05, 0) is 82.4 Å². The maximum Gasteiger partial charge on any atom is 0.133 e. The van der Waals surface area contributed by atoms with E-state index in [1.165, 1.54) is 84.0 Å². The molecule has 0 saturated carbocycles. The molecule has 1 saturated heterocycles. The predicted octanol–water partition coefficient (Wildman–Crippen LogP) is 10.2. The summed E-state index contributed by atoms with van der Waals surface area (Å²) in [4.78, 5) is 0. The predicted molar refractivity (Wildman–Crippen MR) is 172 cm³/mol. The third-order valence-electron chi connectivity index (χ3n) is 8.81. The molecular weight excluding hydrogens is 486 g/mol. The average Bonchev–Trinajstić information content (AvgIpc) is 3.51. The van der Waals surface area contributed by atoms with Crippen molar-refractivity contribution >= 4 is 21.5 Å². The van der Waals surface area contributed by atoms with Crippen LogP contribution in [0.4, 0.5) is 0 Å². The van der Waals surface area contributed by atoms with Gasteiger partial charge in [0.15, 0.2) is 0 Å². The van der Waals surface area contributed by atoms with Gasteiger partial charge in [-0.25, -0.2) is 0 Å². The molecule has 1 heterocycles. The summed E-state index contributed by atoms with van der Waals surface area (Å²) in [6.07, 6.45) is 12.7. The fourth-order valence-corrected chi connectivity index (χ4v) is 6.58. The monoisotopic (exact) mass is 535 g/mol. The second kappa shape index (κ2) is 13.3. The van der Waals surface area contributed by atoms with E-state index in [-0.39, 0.29) is 6.04 Å². The van der Waals surface area contributed by atoms with Crippen LogP contribution in [-0.2, 0) is 10.3 Å². The van der Waals surface area contributed by atoms with Crippen LogP contribution in [0, 0.1) is 5.41 Å². The van der Waals surface area contributed by atoms with Crippen molar-refractivity contribution in [3.8, 4) is 0 Å². The van der Waals surface area contributed by atoms with Gasteiger partial charge in [0.2, 0.25) is 0 Å². The van der Waals surface area contributed by atoms with Gasteiger partial charge in [-0.2, -0.15) is 0 Å². The summed E-state index contributed by atoms with van der Waals surface area (Å²) in [6, 6.07) is 31.6. The molecule has 0 aliphatic carbocycles. The second-order valence-electron chi connectivity index (χ2n) is 13.1. The largest absolute Gasteiger partial charge is 0.364 e. The highest BCUT2D eigenvalue weighted by atomic mass is 16.5. The molecule has 5 rings (SSSR count). The molecule has 212 valence electrons. The zero-order valence-electron chi connectivity index (χ0n) is 25.1. The van der Waals surface area contributed by atoms with Crippen LogP contribution in [0.5, 0.6) is 0 Å². The lowest BCUT2D eigenvalue weighted by atomic mass is 9.78. The molecule has 1 atom stereocenters. The quantitative estimate of drug-likeness (QED) is 0.172. The van der Waals surface area contributed by atoms with E-state index in [0.29, 0.717) is 5.41 Å². The van der Waals surface area contributed by atoms with Gasteiger partial charge in [0.05, 0.1) is 0 Å². The fourth-order valence-electron chi connectivity index (χ4n) is 6.58. The van der Waals surface area contributed by atoms with Crippen molar-refractivity contribution in [1.82, 2.24) is 5.32 Å². The first-order valence-electron chi connectivity index (χ1n) is 15.8. The molecule has 1 N–H and O–H groups in total. The van der Waals surface area contributed by atoms with Crippen LogP contribution in [0.15, 0.2) is 84.9 Å². The van der Waals surface area contributed by atoms with Crippen LogP contribution in [0.1, 0.15) is 96.1 Å². The smallest absolute Gasteiger partial charge is 0.133 e. The Kier molecular flexibility index (Phi) is 9.60. The van der Waals surface area contributed by atoms with E-state index >= 15 is 0 Å². The van der Waals surface area contributed by atoms with E-state index in [0.717, 1.165) is 26.0 Å². The lowest BCUT2D eigenvalue weighted by Crippen LogP contribution is -2.48. The van der Waals surface area contributed by atoms with Gasteiger partial charge < -0.3 is 10.1 Å². The van der Waals surface area contributed by atoms with E-state index in [9.17, 15) is 0 Å². The highest BCUT2D eigenvalue weighted by Gasteiger charge is 2.44. The van der Waals surface area contributed by atoms with Gasteiger partial charge in [-0.15, -0.1) is 0 Å². The molecule has 40 heavy (non-hydrogen) atoms. The minimum atomic E-state index is -0.516. The molecule has 1 fully saturated rings. The van der Waals surface area contributed by atoms with Crippen molar-refractivity contribution in [3.05, 3.63) is 96.1 Å². The number of benzene rings is 4. The SMILES string of the molecule is CC(C)(C)CCCCCCCCCOC(c1ccc2ccccc2c1)(c1ccc2ccccc2c1)C1CCCN1. The van der Waals surface area contributed by atoms with Crippen molar-refractivity contribution in [2.45, 2.75) is 96.6 Å². The Morgan fingerprint density at radius 2 is 1.18 bits per heavy atom. The summed E-state index contributed by atoms with van der Waals surface area (Å²) >= 11 is 0. The van der Waals surface area contributed by atoms with Gasteiger partial charge in [-0.1, -0.05) is 132 Å². The normalized spacial score (nSPS) is 16.2. The molecule has 0 amide bonds. The van der Waals surface area contributed by atoms with Gasteiger partial charge in [0, 0.05) is 12.6 Å². The van der Waals surface area contributed by atoms with E-state index in [2.05, 4.69) is 111 Å². The van der Waals surface area contributed by atoms with Gasteiger partial charge in [0.1, 0.15) is 5.60 Å². The lowest BCUT2D eigenvalue weighted by Gasteiger charge is -2.41. The molecule has 2 nitrogen and oxygen atoms in total. The molecule has 1 aliphatic heterocycles. The summed E-state index contributed by atoms with van der Waals surface area (Å²) in [5.74, 6) is 0. The number of rotatable bonds is 13. The van der Waals surface area contributed by atoms with Crippen LogP contribution in [0.2, 0.25) is 0 Å². The van der Waals surface area contributed by atoms with Crippen molar-refractivity contribution in [1.29, 1.82) is 0 Å². The first-order valence-corrected chi connectivity index (χ1v) is 15.8. The Balaban J connectivity index is 1.35. The first kappa shape index (κ1) is 28.8. The maximum atomic E-state index is 7.20. The van der Waals surface area contributed by atoms with Crippen molar-refractivity contribution in [2.24, 2.45) is 5.41 Å². The minimum Gasteiger partial charge on any atom is -0.364 e. The third-order valence-corrected chi connectivity index (χ3v) is 8.81. The first-order chi connectivity index (χ1) is 19.5. The van der Waals surface area contributed by atoms with Gasteiger partial charge in [0.25, 0.3) is 0 Å². The summed E-state index contributed by atoms with van der Waals surface area (Å²) in [5, 5.41) is 8.97. The van der Waals surface area contributed by atoms with Crippen LogP contribution in [-0.4, -0.2) is 19.2 Å². The average molecular weight is 536 g/mol.